The number of carbonyl (C=O) groups excluding carboxylic acids is 1. The molecular formula is C22H25F2N3O2. The minimum atomic E-state index is -2.85. The molecule has 5 nitrogen and oxygen atoms in total. The topological polar surface area (TPSA) is 58.2 Å². The molecule has 1 heterocycles. The van der Waals surface area contributed by atoms with E-state index in [9.17, 15) is 13.6 Å². The van der Waals surface area contributed by atoms with E-state index in [0.29, 0.717) is 11.4 Å². The van der Waals surface area contributed by atoms with Crippen molar-refractivity contribution in [1.29, 1.82) is 0 Å². The molecule has 2 aromatic rings. The predicted molar refractivity (Wildman–Crippen MR) is 104 cm³/mol. The van der Waals surface area contributed by atoms with Crippen LogP contribution >= 0.6 is 0 Å². The Kier molecular flexibility index (Phi) is 4.37. The second kappa shape index (κ2) is 6.82. The molecule has 4 saturated carbocycles. The third kappa shape index (κ3) is 3.30. The molecule has 0 saturated heterocycles. The number of amides is 1. The number of aromatic amines is 1. The van der Waals surface area contributed by atoms with Crippen molar-refractivity contribution in [2.75, 3.05) is 7.05 Å². The summed E-state index contributed by atoms with van der Waals surface area (Å²) < 4.78 is 29.0. The van der Waals surface area contributed by atoms with Gasteiger partial charge in [-0.1, -0.05) is 0 Å². The summed E-state index contributed by atoms with van der Waals surface area (Å²) in [5.74, 6) is 2.37. The van der Waals surface area contributed by atoms with Crippen LogP contribution in [-0.2, 0) is 0 Å². The Balaban J connectivity index is 1.33. The maximum Gasteiger partial charge on any atom is 0.387 e. The zero-order valence-corrected chi connectivity index (χ0v) is 16.4. The molecule has 7 heteroatoms. The van der Waals surface area contributed by atoms with Crippen LogP contribution in [0.25, 0.3) is 11.3 Å². The zero-order valence-electron chi connectivity index (χ0n) is 16.4. The number of H-pyrrole nitrogens is 1. The maximum atomic E-state index is 13.2. The van der Waals surface area contributed by atoms with Gasteiger partial charge in [0, 0.05) is 18.2 Å². The lowest BCUT2D eigenvalue weighted by atomic mass is 9.52. The van der Waals surface area contributed by atoms with E-state index in [-0.39, 0.29) is 17.2 Å². The van der Waals surface area contributed by atoms with Crippen LogP contribution in [-0.4, -0.2) is 40.2 Å². The Labute approximate surface area is 168 Å². The molecule has 4 fully saturated rings. The lowest BCUT2D eigenvalue weighted by Gasteiger charge is -2.59. The number of hydrogen-bond acceptors (Lipinski definition) is 3. The van der Waals surface area contributed by atoms with Crippen LogP contribution in [0, 0.1) is 17.8 Å². The van der Waals surface area contributed by atoms with Crippen molar-refractivity contribution < 1.29 is 18.3 Å². The van der Waals surface area contributed by atoms with Gasteiger partial charge in [-0.25, -0.2) is 0 Å². The van der Waals surface area contributed by atoms with E-state index < -0.39 is 6.61 Å². The summed E-state index contributed by atoms with van der Waals surface area (Å²) in [6.45, 7) is -2.85. The standard InChI is InChI=1S/C22H25F2N3O2/c1-27(22-10-13-6-14(11-22)8-15(7-13)12-22)20(28)19-9-18(25-26-19)16-2-4-17(5-3-16)29-21(23)24/h2-5,9,13-15,21H,6-8,10-12H2,1H3,(H,25,26). The first-order valence-electron chi connectivity index (χ1n) is 10.3. The Hall–Kier alpha value is -2.44. The fourth-order valence-corrected chi connectivity index (χ4v) is 6.26. The number of benzene rings is 1. The average molecular weight is 401 g/mol. The number of halogens is 2. The first-order valence-corrected chi connectivity index (χ1v) is 10.3. The third-order valence-electron chi connectivity index (χ3n) is 7.21. The molecule has 4 aliphatic rings. The zero-order chi connectivity index (χ0) is 20.2. The Morgan fingerprint density at radius 1 is 1.14 bits per heavy atom. The molecule has 1 aromatic heterocycles. The number of alkyl halides is 2. The highest BCUT2D eigenvalue weighted by molar-refractivity contribution is 5.93. The van der Waals surface area contributed by atoms with Crippen molar-refractivity contribution in [3.05, 3.63) is 36.0 Å². The maximum absolute atomic E-state index is 13.2. The van der Waals surface area contributed by atoms with Gasteiger partial charge in [0.05, 0.1) is 5.69 Å². The van der Waals surface area contributed by atoms with Crippen molar-refractivity contribution in [2.24, 2.45) is 17.8 Å². The molecule has 154 valence electrons. The van der Waals surface area contributed by atoms with Gasteiger partial charge in [-0.15, -0.1) is 0 Å². The van der Waals surface area contributed by atoms with Gasteiger partial charge in [0.25, 0.3) is 5.91 Å². The summed E-state index contributed by atoms with van der Waals surface area (Å²) in [6.07, 6.45) is 7.36. The van der Waals surface area contributed by atoms with Gasteiger partial charge in [0.2, 0.25) is 0 Å². The molecule has 4 bridgehead atoms. The molecule has 29 heavy (non-hydrogen) atoms. The summed E-state index contributed by atoms with van der Waals surface area (Å²) in [5, 5.41) is 7.14. The molecule has 1 aromatic carbocycles. The average Bonchev–Trinajstić information content (AvgIpc) is 3.16. The van der Waals surface area contributed by atoms with E-state index in [0.717, 1.165) is 42.6 Å². The van der Waals surface area contributed by atoms with Gasteiger partial charge in [0.1, 0.15) is 11.4 Å². The summed E-state index contributed by atoms with van der Waals surface area (Å²) in [6, 6.07) is 8.00. The summed E-state index contributed by atoms with van der Waals surface area (Å²) in [5.41, 5.74) is 1.80. The highest BCUT2D eigenvalue weighted by Gasteiger charge is 2.53. The number of ether oxygens (including phenoxy) is 1. The van der Waals surface area contributed by atoms with Gasteiger partial charge < -0.3 is 9.64 Å². The fraction of sp³-hybridized carbons (Fsp3) is 0.545. The van der Waals surface area contributed by atoms with Crippen molar-refractivity contribution >= 4 is 5.91 Å². The largest absolute Gasteiger partial charge is 0.435 e. The molecule has 1 amide bonds. The fourth-order valence-electron chi connectivity index (χ4n) is 6.26. The third-order valence-corrected chi connectivity index (χ3v) is 7.21. The number of rotatable bonds is 5. The lowest BCUT2D eigenvalue weighted by Crippen LogP contribution is -2.60. The summed E-state index contributed by atoms with van der Waals surface area (Å²) in [7, 11) is 1.94. The van der Waals surface area contributed by atoms with Gasteiger partial charge in [-0.3, -0.25) is 9.89 Å². The van der Waals surface area contributed by atoms with Gasteiger partial charge >= 0.3 is 6.61 Å². The molecule has 0 aliphatic heterocycles. The molecule has 0 atom stereocenters. The van der Waals surface area contributed by atoms with E-state index in [1.807, 2.05) is 11.9 Å². The van der Waals surface area contributed by atoms with Crippen molar-refractivity contribution in [3.8, 4) is 17.0 Å². The Morgan fingerprint density at radius 2 is 1.72 bits per heavy atom. The lowest BCUT2D eigenvalue weighted by molar-refractivity contribution is -0.0667. The van der Waals surface area contributed by atoms with E-state index in [1.165, 1.54) is 31.4 Å². The predicted octanol–water partition coefficient (Wildman–Crippen LogP) is 4.72. The minimum Gasteiger partial charge on any atom is -0.435 e. The molecule has 0 unspecified atom stereocenters. The monoisotopic (exact) mass is 401 g/mol. The highest BCUT2D eigenvalue weighted by atomic mass is 19.3. The van der Waals surface area contributed by atoms with Crippen LogP contribution in [0.4, 0.5) is 8.78 Å². The Bertz CT molecular complexity index is 874. The summed E-state index contributed by atoms with van der Waals surface area (Å²) >= 11 is 0. The number of nitrogens with zero attached hydrogens (tertiary/aromatic N) is 2. The first-order chi connectivity index (χ1) is 13.9. The molecule has 0 radical (unpaired) electrons. The smallest absolute Gasteiger partial charge is 0.387 e. The number of nitrogens with one attached hydrogen (secondary N) is 1. The second-order valence-electron chi connectivity index (χ2n) is 9.08. The van der Waals surface area contributed by atoms with E-state index in [2.05, 4.69) is 14.9 Å². The van der Waals surface area contributed by atoms with Gasteiger partial charge in [0.15, 0.2) is 0 Å². The van der Waals surface area contributed by atoms with Crippen molar-refractivity contribution in [3.63, 3.8) is 0 Å². The van der Waals surface area contributed by atoms with Crippen molar-refractivity contribution in [2.45, 2.75) is 50.7 Å². The first kappa shape index (κ1) is 18.6. The molecule has 0 spiro atoms. The summed E-state index contributed by atoms with van der Waals surface area (Å²) in [4.78, 5) is 15.2. The number of hydrogen-bond donors (Lipinski definition) is 1. The molecule has 1 N–H and O–H groups in total. The van der Waals surface area contributed by atoms with Crippen LogP contribution in [0.1, 0.15) is 49.0 Å². The van der Waals surface area contributed by atoms with Crippen LogP contribution < -0.4 is 4.74 Å². The van der Waals surface area contributed by atoms with Crippen LogP contribution in [0.3, 0.4) is 0 Å². The van der Waals surface area contributed by atoms with Crippen LogP contribution in [0.15, 0.2) is 30.3 Å². The molecular weight excluding hydrogens is 376 g/mol. The SMILES string of the molecule is CN(C(=O)c1cc(-c2ccc(OC(F)F)cc2)n[nH]1)C12CC3CC(CC(C3)C1)C2. The van der Waals surface area contributed by atoms with Crippen LogP contribution in [0.2, 0.25) is 0 Å². The molecule has 6 rings (SSSR count). The molecule has 4 aliphatic carbocycles. The quantitative estimate of drug-likeness (QED) is 0.789. The van der Waals surface area contributed by atoms with E-state index >= 15 is 0 Å². The Morgan fingerprint density at radius 3 is 2.28 bits per heavy atom. The minimum absolute atomic E-state index is 0.00857. The van der Waals surface area contributed by atoms with Gasteiger partial charge in [-0.2, -0.15) is 13.9 Å². The van der Waals surface area contributed by atoms with E-state index in [4.69, 9.17) is 0 Å². The number of aromatic nitrogens is 2. The second-order valence-corrected chi connectivity index (χ2v) is 9.08. The van der Waals surface area contributed by atoms with Crippen LogP contribution in [0.5, 0.6) is 5.75 Å². The highest BCUT2D eigenvalue weighted by Crippen LogP contribution is 2.57. The van der Waals surface area contributed by atoms with Gasteiger partial charge in [-0.05, 0) is 86.6 Å². The van der Waals surface area contributed by atoms with Crippen molar-refractivity contribution in [1.82, 2.24) is 15.1 Å². The van der Waals surface area contributed by atoms with E-state index in [1.54, 1.807) is 18.2 Å². The number of carbonyl (C=O) groups is 1. The normalized spacial score (nSPS) is 30.0.